The van der Waals surface area contributed by atoms with E-state index in [4.69, 9.17) is 4.74 Å². The minimum Gasteiger partial charge on any atom is -0.383 e. The van der Waals surface area contributed by atoms with Gasteiger partial charge in [-0.2, -0.15) is 0 Å². The zero-order chi connectivity index (χ0) is 19.2. The lowest BCUT2D eigenvalue weighted by atomic mass is 10.1. The third-order valence-corrected chi connectivity index (χ3v) is 4.96. The number of nitrogens with zero attached hydrogens (tertiary/aromatic N) is 4. The number of imidazole rings is 1. The van der Waals surface area contributed by atoms with E-state index in [1.165, 1.54) is 0 Å². The molecular formula is C20H26N4O3. The van der Waals surface area contributed by atoms with Gasteiger partial charge < -0.3 is 19.1 Å². The third-order valence-electron chi connectivity index (χ3n) is 4.96. The Morgan fingerprint density at radius 3 is 2.70 bits per heavy atom. The highest BCUT2D eigenvalue weighted by molar-refractivity contribution is 5.94. The van der Waals surface area contributed by atoms with Crippen molar-refractivity contribution in [1.82, 2.24) is 19.4 Å². The second-order valence-electron chi connectivity index (χ2n) is 6.76. The maximum atomic E-state index is 12.8. The highest BCUT2D eigenvalue weighted by Crippen LogP contribution is 2.17. The number of benzene rings is 1. The molecular weight excluding hydrogens is 344 g/mol. The molecule has 1 saturated heterocycles. The van der Waals surface area contributed by atoms with Crippen molar-refractivity contribution in [3.8, 4) is 0 Å². The molecule has 2 amide bonds. The van der Waals surface area contributed by atoms with E-state index >= 15 is 0 Å². The fourth-order valence-electron chi connectivity index (χ4n) is 3.31. The number of hydrogen-bond donors (Lipinski definition) is 0. The van der Waals surface area contributed by atoms with Gasteiger partial charge in [0.25, 0.3) is 0 Å². The Hall–Kier alpha value is -2.67. The van der Waals surface area contributed by atoms with Gasteiger partial charge in [-0.05, 0) is 18.9 Å². The number of ether oxygens (including phenoxy) is 1. The van der Waals surface area contributed by atoms with Crippen LogP contribution in [0, 0.1) is 0 Å². The van der Waals surface area contributed by atoms with Crippen molar-refractivity contribution < 1.29 is 14.3 Å². The number of carbonyl (C=O) groups excluding carboxylic acids is 2. The van der Waals surface area contributed by atoms with Gasteiger partial charge in [0.2, 0.25) is 11.8 Å². The van der Waals surface area contributed by atoms with Gasteiger partial charge in [0, 0.05) is 26.4 Å². The molecule has 1 aliphatic heterocycles. The fourth-order valence-corrected chi connectivity index (χ4v) is 3.31. The van der Waals surface area contributed by atoms with E-state index in [0.717, 1.165) is 17.7 Å². The van der Waals surface area contributed by atoms with Gasteiger partial charge in [0.15, 0.2) is 0 Å². The van der Waals surface area contributed by atoms with Crippen LogP contribution in [0.15, 0.2) is 42.9 Å². The summed E-state index contributed by atoms with van der Waals surface area (Å²) in [5.41, 5.74) is 2.06. The summed E-state index contributed by atoms with van der Waals surface area (Å²) in [6.07, 6.45) is 4.21. The molecule has 144 valence electrons. The Bertz CT molecular complexity index is 775. The van der Waals surface area contributed by atoms with Crippen LogP contribution >= 0.6 is 0 Å². The summed E-state index contributed by atoms with van der Waals surface area (Å²) in [4.78, 5) is 32.9. The Labute approximate surface area is 159 Å². The summed E-state index contributed by atoms with van der Waals surface area (Å²) in [5.74, 6) is -0.0388. The Balaban J connectivity index is 1.62. The van der Waals surface area contributed by atoms with Gasteiger partial charge in [-0.1, -0.05) is 30.3 Å². The molecule has 1 aliphatic rings. The molecule has 1 aromatic heterocycles. The molecule has 0 saturated carbocycles. The Morgan fingerprint density at radius 2 is 1.96 bits per heavy atom. The second kappa shape index (κ2) is 8.81. The molecule has 1 atom stereocenters. The van der Waals surface area contributed by atoms with Crippen molar-refractivity contribution >= 4 is 11.8 Å². The van der Waals surface area contributed by atoms with Crippen molar-refractivity contribution in [3.05, 3.63) is 54.1 Å². The van der Waals surface area contributed by atoms with Crippen molar-refractivity contribution in [2.24, 2.45) is 0 Å². The highest BCUT2D eigenvalue weighted by Gasteiger charge is 2.36. The average molecular weight is 370 g/mol. The summed E-state index contributed by atoms with van der Waals surface area (Å²) >= 11 is 0. The summed E-state index contributed by atoms with van der Waals surface area (Å²) in [6, 6.07) is 9.52. The van der Waals surface area contributed by atoms with E-state index in [1.807, 2.05) is 34.9 Å². The number of piperazine rings is 1. The molecule has 27 heavy (non-hydrogen) atoms. The molecule has 1 aromatic carbocycles. The van der Waals surface area contributed by atoms with Gasteiger partial charge in [-0.15, -0.1) is 0 Å². The van der Waals surface area contributed by atoms with Crippen LogP contribution in [0.25, 0.3) is 0 Å². The fraction of sp³-hybridized carbons (Fsp3) is 0.450. The number of rotatable bonds is 8. The number of hydrogen-bond acceptors (Lipinski definition) is 4. The second-order valence-corrected chi connectivity index (χ2v) is 6.76. The van der Waals surface area contributed by atoms with E-state index < -0.39 is 6.04 Å². The lowest BCUT2D eigenvalue weighted by Crippen LogP contribution is -2.58. The smallest absolute Gasteiger partial charge is 0.245 e. The van der Waals surface area contributed by atoms with Crippen LogP contribution in [0.4, 0.5) is 0 Å². The van der Waals surface area contributed by atoms with E-state index in [1.54, 1.807) is 36.4 Å². The predicted molar refractivity (Wildman–Crippen MR) is 101 cm³/mol. The number of aromatic nitrogens is 2. The quantitative estimate of drug-likeness (QED) is 0.703. The Morgan fingerprint density at radius 1 is 1.19 bits per heavy atom. The summed E-state index contributed by atoms with van der Waals surface area (Å²) < 4.78 is 7.06. The average Bonchev–Trinajstić information content (AvgIpc) is 3.13. The van der Waals surface area contributed by atoms with Crippen LogP contribution in [-0.2, 0) is 33.8 Å². The van der Waals surface area contributed by atoms with E-state index in [0.29, 0.717) is 26.2 Å². The first kappa shape index (κ1) is 19.1. The molecule has 3 rings (SSSR count). The molecule has 0 radical (unpaired) electrons. The first-order valence-corrected chi connectivity index (χ1v) is 9.20. The topological polar surface area (TPSA) is 67.7 Å². The van der Waals surface area contributed by atoms with Gasteiger partial charge in [0.1, 0.15) is 6.04 Å². The lowest BCUT2D eigenvalue weighted by molar-refractivity contribution is -0.155. The SMILES string of the molecule is COCCn1cncc1CN1C(=O)CN(CCc2ccccc2)C(=O)[C@@H]1C. The zero-order valence-corrected chi connectivity index (χ0v) is 15.9. The first-order chi connectivity index (χ1) is 13.1. The monoisotopic (exact) mass is 370 g/mol. The molecule has 0 spiro atoms. The van der Waals surface area contributed by atoms with Crippen LogP contribution in [0.2, 0.25) is 0 Å². The lowest BCUT2D eigenvalue weighted by Gasteiger charge is -2.38. The molecule has 0 bridgehead atoms. The first-order valence-electron chi connectivity index (χ1n) is 9.20. The number of amides is 2. The minimum atomic E-state index is -0.479. The van der Waals surface area contributed by atoms with Crippen LogP contribution in [0.5, 0.6) is 0 Å². The molecule has 7 nitrogen and oxygen atoms in total. The Kier molecular flexibility index (Phi) is 6.24. The zero-order valence-electron chi connectivity index (χ0n) is 15.9. The van der Waals surface area contributed by atoms with E-state index in [-0.39, 0.29) is 18.4 Å². The van der Waals surface area contributed by atoms with E-state index in [2.05, 4.69) is 4.98 Å². The third kappa shape index (κ3) is 4.54. The van der Waals surface area contributed by atoms with Crippen LogP contribution < -0.4 is 0 Å². The predicted octanol–water partition coefficient (Wildman–Crippen LogP) is 1.33. The van der Waals surface area contributed by atoms with Gasteiger partial charge in [-0.25, -0.2) is 4.98 Å². The molecule has 2 aromatic rings. The van der Waals surface area contributed by atoms with Gasteiger partial charge >= 0.3 is 0 Å². The van der Waals surface area contributed by atoms with Crippen LogP contribution in [-0.4, -0.2) is 64.0 Å². The normalized spacial score (nSPS) is 17.6. The minimum absolute atomic E-state index is 0.00603. The molecule has 1 fully saturated rings. The number of carbonyl (C=O) groups is 2. The highest BCUT2D eigenvalue weighted by atomic mass is 16.5. The maximum absolute atomic E-state index is 12.8. The van der Waals surface area contributed by atoms with Crippen molar-refractivity contribution in [1.29, 1.82) is 0 Å². The number of methoxy groups -OCH3 is 1. The molecule has 2 heterocycles. The largest absolute Gasteiger partial charge is 0.383 e. The molecule has 7 heteroatoms. The van der Waals surface area contributed by atoms with Gasteiger partial charge in [0.05, 0.1) is 31.7 Å². The summed E-state index contributed by atoms with van der Waals surface area (Å²) in [6.45, 7) is 4.09. The summed E-state index contributed by atoms with van der Waals surface area (Å²) in [5, 5.41) is 0. The standard InChI is InChI=1S/C20H26N4O3/c1-16-20(26)22(9-8-17-6-4-3-5-7-17)14-19(25)24(16)13-18-12-21-15-23(18)10-11-27-2/h3-7,12,15-16H,8-11,13-14H2,1-2H3/t16-/m0/s1. The summed E-state index contributed by atoms with van der Waals surface area (Å²) in [7, 11) is 1.65. The van der Waals surface area contributed by atoms with Crippen molar-refractivity contribution in [2.45, 2.75) is 32.5 Å². The van der Waals surface area contributed by atoms with Crippen LogP contribution in [0.3, 0.4) is 0 Å². The van der Waals surface area contributed by atoms with Crippen molar-refractivity contribution in [3.63, 3.8) is 0 Å². The van der Waals surface area contributed by atoms with E-state index in [9.17, 15) is 9.59 Å². The molecule has 0 N–H and O–H groups in total. The maximum Gasteiger partial charge on any atom is 0.245 e. The van der Waals surface area contributed by atoms with Crippen molar-refractivity contribution in [2.75, 3.05) is 26.8 Å². The van der Waals surface area contributed by atoms with Crippen LogP contribution in [0.1, 0.15) is 18.2 Å². The van der Waals surface area contributed by atoms with Gasteiger partial charge in [-0.3, -0.25) is 9.59 Å². The molecule has 0 aliphatic carbocycles. The molecule has 0 unspecified atom stereocenters.